The molecule has 0 spiro atoms. The Kier molecular flexibility index (Phi) is 5.78. The van der Waals surface area contributed by atoms with Crippen molar-refractivity contribution < 1.29 is 14.2 Å². The smallest absolute Gasteiger partial charge is 0.171 e. The number of hydrogen-bond donors (Lipinski definition) is 0. The van der Waals surface area contributed by atoms with E-state index in [1.54, 1.807) is 7.11 Å². The number of nitrogens with zero attached hydrogens (tertiary/aromatic N) is 4. The van der Waals surface area contributed by atoms with Crippen LogP contribution in [0.2, 0.25) is 0 Å². The second-order valence-corrected chi connectivity index (χ2v) is 9.33. The highest BCUT2D eigenvalue weighted by molar-refractivity contribution is 5.88. The summed E-state index contributed by atoms with van der Waals surface area (Å²) in [5, 5.41) is 2.11. The van der Waals surface area contributed by atoms with Crippen LogP contribution in [0.1, 0.15) is 12.1 Å². The van der Waals surface area contributed by atoms with Gasteiger partial charge in [0, 0.05) is 49.2 Å². The van der Waals surface area contributed by atoms with Gasteiger partial charge in [-0.3, -0.25) is 9.88 Å². The highest BCUT2D eigenvalue weighted by atomic mass is 16.6. The molecule has 2 aliphatic rings. The predicted molar refractivity (Wildman–Crippen MR) is 138 cm³/mol. The van der Waals surface area contributed by atoms with Gasteiger partial charge in [-0.2, -0.15) is 0 Å². The summed E-state index contributed by atoms with van der Waals surface area (Å²) in [6, 6.07) is 18.4. The van der Waals surface area contributed by atoms with Crippen LogP contribution in [-0.4, -0.2) is 67.4 Å². The molecule has 2 aromatic heterocycles. The van der Waals surface area contributed by atoms with Crippen LogP contribution in [-0.2, 0) is 0 Å². The SMILES string of the molecule is COc1ccc2nc(N3CCCN(CC4COc5ccc6nc(C)ccc6c5O4)CC3)ccc2c1. The first kappa shape index (κ1) is 21.9. The number of aromatic nitrogens is 2. The Labute approximate surface area is 205 Å². The summed E-state index contributed by atoms with van der Waals surface area (Å²) < 4.78 is 17.9. The lowest BCUT2D eigenvalue weighted by Crippen LogP contribution is -2.42. The van der Waals surface area contributed by atoms with Crippen LogP contribution in [0.4, 0.5) is 5.82 Å². The van der Waals surface area contributed by atoms with Gasteiger partial charge in [0.25, 0.3) is 0 Å². The molecule has 6 rings (SSSR count). The van der Waals surface area contributed by atoms with Crippen molar-refractivity contribution in [1.29, 1.82) is 0 Å². The van der Waals surface area contributed by atoms with Gasteiger partial charge in [0.05, 0.1) is 18.1 Å². The first-order valence-corrected chi connectivity index (χ1v) is 12.3. The molecule has 0 aliphatic carbocycles. The molecule has 1 saturated heterocycles. The average Bonchev–Trinajstić information content (AvgIpc) is 3.13. The molecule has 0 radical (unpaired) electrons. The first-order valence-electron chi connectivity index (χ1n) is 12.3. The molecular weight excluding hydrogens is 440 g/mol. The lowest BCUT2D eigenvalue weighted by molar-refractivity contribution is 0.0622. The lowest BCUT2D eigenvalue weighted by Gasteiger charge is -2.31. The Bertz CT molecular complexity index is 1380. The molecule has 0 bridgehead atoms. The van der Waals surface area contributed by atoms with Gasteiger partial charge in [-0.05, 0) is 67.9 Å². The van der Waals surface area contributed by atoms with E-state index in [0.29, 0.717) is 6.61 Å². The largest absolute Gasteiger partial charge is 0.497 e. The summed E-state index contributed by atoms with van der Waals surface area (Å²) in [6.07, 6.45) is 1.08. The van der Waals surface area contributed by atoms with E-state index in [9.17, 15) is 0 Å². The molecule has 4 heterocycles. The molecule has 7 nitrogen and oxygen atoms in total. The Hall–Kier alpha value is -3.58. The van der Waals surface area contributed by atoms with Crippen molar-refractivity contribution in [3.8, 4) is 17.2 Å². The number of ether oxygens (including phenoxy) is 3. The van der Waals surface area contributed by atoms with Crippen LogP contribution in [0, 0.1) is 6.92 Å². The van der Waals surface area contributed by atoms with E-state index in [2.05, 4.69) is 33.0 Å². The van der Waals surface area contributed by atoms with Crippen molar-refractivity contribution in [2.75, 3.05) is 51.3 Å². The highest BCUT2D eigenvalue weighted by Crippen LogP contribution is 2.38. The minimum Gasteiger partial charge on any atom is -0.497 e. The third-order valence-corrected chi connectivity index (χ3v) is 6.89. The second kappa shape index (κ2) is 9.23. The molecule has 0 amide bonds. The number of methoxy groups -OCH3 is 1. The molecule has 2 aromatic carbocycles. The van der Waals surface area contributed by atoms with Crippen LogP contribution in [0.15, 0.2) is 54.6 Å². The quantitative estimate of drug-likeness (QED) is 0.437. The maximum absolute atomic E-state index is 6.46. The van der Waals surface area contributed by atoms with Gasteiger partial charge >= 0.3 is 0 Å². The Morgan fingerprint density at radius 1 is 0.943 bits per heavy atom. The van der Waals surface area contributed by atoms with Crippen LogP contribution in [0.3, 0.4) is 0 Å². The van der Waals surface area contributed by atoms with Crippen LogP contribution in [0.5, 0.6) is 17.2 Å². The summed E-state index contributed by atoms with van der Waals surface area (Å²) in [7, 11) is 1.69. The summed E-state index contributed by atoms with van der Waals surface area (Å²) in [6.45, 7) is 7.33. The maximum Gasteiger partial charge on any atom is 0.171 e. The molecule has 180 valence electrons. The lowest BCUT2D eigenvalue weighted by atomic mass is 10.1. The molecular formula is C28H30N4O3. The predicted octanol–water partition coefficient (Wildman–Crippen LogP) is 4.45. The number of hydrogen-bond acceptors (Lipinski definition) is 7. The van der Waals surface area contributed by atoms with Crippen LogP contribution in [0.25, 0.3) is 21.8 Å². The molecule has 1 fully saturated rings. The van der Waals surface area contributed by atoms with Gasteiger partial charge in [0.1, 0.15) is 24.3 Å². The topological polar surface area (TPSA) is 60.0 Å². The van der Waals surface area contributed by atoms with E-state index in [1.807, 2.05) is 43.3 Å². The van der Waals surface area contributed by atoms with Crippen LogP contribution >= 0.6 is 0 Å². The van der Waals surface area contributed by atoms with Gasteiger partial charge in [-0.25, -0.2) is 4.98 Å². The number of anilines is 1. The van der Waals surface area contributed by atoms with Crippen molar-refractivity contribution in [2.24, 2.45) is 0 Å². The van der Waals surface area contributed by atoms with Gasteiger partial charge < -0.3 is 19.1 Å². The molecule has 1 atom stereocenters. The molecule has 2 aliphatic heterocycles. The van der Waals surface area contributed by atoms with Crippen LogP contribution < -0.4 is 19.1 Å². The van der Waals surface area contributed by atoms with Crippen molar-refractivity contribution in [3.05, 3.63) is 60.3 Å². The second-order valence-electron chi connectivity index (χ2n) is 9.33. The third kappa shape index (κ3) is 4.44. The fraction of sp³-hybridized carbons (Fsp3) is 0.357. The molecule has 1 unspecified atom stereocenters. The van der Waals surface area contributed by atoms with E-state index in [1.165, 1.54) is 0 Å². The first-order chi connectivity index (χ1) is 17.2. The van der Waals surface area contributed by atoms with Crippen molar-refractivity contribution in [3.63, 3.8) is 0 Å². The van der Waals surface area contributed by atoms with Gasteiger partial charge in [-0.1, -0.05) is 0 Å². The number of rotatable bonds is 4. The molecule has 0 saturated carbocycles. The fourth-order valence-electron chi connectivity index (χ4n) is 5.03. The molecule has 0 N–H and O–H groups in total. The molecule has 35 heavy (non-hydrogen) atoms. The van der Waals surface area contributed by atoms with Crippen molar-refractivity contribution >= 4 is 27.6 Å². The van der Waals surface area contributed by atoms with Crippen molar-refractivity contribution in [1.82, 2.24) is 14.9 Å². The average molecular weight is 471 g/mol. The fourth-order valence-corrected chi connectivity index (χ4v) is 5.03. The number of fused-ring (bicyclic) bond motifs is 4. The zero-order valence-corrected chi connectivity index (χ0v) is 20.2. The Morgan fingerprint density at radius 2 is 1.86 bits per heavy atom. The third-order valence-electron chi connectivity index (χ3n) is 6.89. The van der Waals surface area contributed by atoms with Gasteiger partial charge in [-0.15, -0.1) is 0 Å². The minimum atomic E-state index is -0.00488. The Balaban J connectivity index is 1.12. The van der Waals surface area contributed by atoms with Gasteiger partial charge in [0.15, 0.2) is 11.5 Å². The number of aryl methyl sites for hydroxylation is 1. The maximum atomic E-state index is 6.46. The molecule has 7 heteroatoms. The number of pyridine rings is 2. The van der Waals surface area contributed by atoms with E-state index in [4.69, 9.17) is 19.2 Å². The van der Waals surface area contributed by atoms with Gasteiger partial charge in [0.2, 0.25) is 0 Å². The van der Waals surface area contributed by atoms with E-state index in [-0.39, 0.29) is 6.10 Å². The molecule has 4 aromatic rings. The standard InChI is InChI=1S/C28H30N4O3/c1-19-4-7-23-25(29-19)9-10-26-28(23)35-22(18-34-26)17-31-12-3-13-32(15-14-31)27-11-5-20-16-21(33-2)6-8-24(20)30-27/h4-11,16,22H,3,12-15,17-18H2,1-2H3. The summed E-state index contributed by atoms with van der Waals surface area (Å²) in [5.74, 6) is 3.51. The zero-order chi connectivity index (χ0) is 23.8. The normalized spacial score (nSPS) is 18.6. The summed E-state index contributed by atoms with van der Waals surface area (Å²) >= 11 is 0. The zero-order valence-electron chi connectivity index (χ0n) is 20.2. The summed E-state index contributed by atoms with van der Waals surface area (Å²) in [4.78, 5) is 14.4. The monoisotopic (exact) mass is 470 g/mol. The van der Waals surface area contributed by atoms with E-state index >= 15 is 0 Å². The highest BCUT2D eigenvalue weighted by Gasteiger charge is 2.26. The van der Waals surface area contributed by atoms with E-state index < -0.39 is 0 Å². The van der Waals surface area contributed by atoms with Crippen molar-refractivity contribution in [2.45, 2.75) is 19.4 Å². The minimum absolute atomic E-state index is 0.00488. The van der Waals surface area contributed by atoms with E-state index in [0.717, 1.165) is 89.7 Å². The number of benzene rings is 2. The Morgan fingerprint density at radius 3 is 2.77 bits per heavy atom. The summed E-state index contributed by atoms with van der Waals surface area (Å²) in [5.41, 5.74) is 2.94.